The lowest BCUT2D eigenvalue weighted by Crippen LogP contribution is -2.10. The van der Waals surface area contributed by atoms with Gasteiger partial charge in [-0.3, -0.25) is 0 Å². The number of nitrogens with zero attached hydrogens (tertiary/aromatic N) is 2. The molecule has 0 amide bonds. The molecular formula is C19H16F4N2S. The highest BCUT2D eigenvalue weighted by Crippen LogP contribution is 2.35. The third-order valence-electron chi connectivity index (χ3n) is 3.78. The van der Waals surface area contributed by atoms with Gasteiger partial charge in [0.2, 0.25) is 0 Å². The zero-order chi connectivity index (χ0) is 18.9. The number of hydrogen-bond donors (Lipinski definition) is 0. The summed E-state index contributed by atoms with van der Waals surface area (Å²) in [4.78, 5) is 6.44. The molecule has 0 saturated carbocycles. The lowest BCUT2D eigenvalue weighted by molar-refractivity contribution is -0.137. The summed E-state index contributed by atoms with van der Waals surface area (Å²) in [5.41, 5.74) is 1.76. The molecule has 0 atom stereocenters. The van der Waals surface area contributed by atoms with E-state index in [0.717, 1.165) is 29.8 Å². The van der Waals surface area contributed by atoms with Gasteiger partial charge in [-0.05, 0) is 37.9 Å². The molecule has 0 radical (unpaired) electrons. The fourth-order valence-electron chi connectivity index (χ4n) is 2.54. The number of alkyl halides is 3. The van der Waals surface area contributed by atoms with Gasteiger partial charge in [0.05, 0.1) is 11.3 Å². The van der Waals surface area contributed by atoms with Gasteiger partial charge in [0.25, 0.3) is 0 Å². The summed E-state index contributed by atoms with van der Waals surface area (Å²) in [6.45, 7) is 0.819. The van der Waals surface area contributed by atoms with Gasteiger partial charge in [-0.25, -0.2) is 9.37 Å². The molecular weight excluding hydrogens is 364 g/mol. The molecule has 2 nitrogen and oxygen atoms in total. The van der Waals surface area contributed by atoms with Crippen molar-refractivity contribution in [3.8, 4) is 21.8 Å². The van der Waals surface area contributed by atoms with Crippen molar-refractivity contribution in [3.63, 3.8) is 0 Å². The van der Waals surface area contributed by atoms with Gasteiger partial charge in [0.15, 0.2) is 0 Å². The lowest BCUT2D eigenvalue weighted by Gasteiger charge is -2.09. The van der Waals surface area contributed by atoms with Gasteiger partial charge in [-0.1, -0.05) is 24.3 Å². The molecule has 0 unspecified atom stereocenters. The first-order valence-electron chi connectivity index (χ1n) is 7.81. The molecule has 3 aromatic rings. The number of halogens is 4. The second-order valence-corrected chi connectivity index (χ2v) is 7.02. The predicted molar refractivity (Wildman–Crippen MR) is 95.3 cm³/mol. The topological polar surface area (TPSA) is 16.1 Å². The lowest BCUT2D eigenvalue weighted by atomic mass is 10.1. The van der Waals surface area contributed by atoms with Crippen LogP contribution < -0.4 is 0 Å². The van der Waals surface area contributed by atoms with Crippen molar-refractivity contribution in [1.82, 2.24) is 9.88 Å². The van der Waals surface area contributed by atoms with Gasteiger partial charge >= 0.3 is 6.18 Å². The van der Waals surface area contributed by atoms with Crippen LogP contribution in [0.15, 0.2) is 47.8 Å². The summed E-state index contributed by atoms with van der Waals surface area (Å²) in [6.07, 6.45) is -4.57. The van der Waals surface area contributed by atoms with Crippen LogP contribution in [0.1, 0.15) is 11.1 Å². The fraction of sp³-hybridized carbons (Fsp3) is 0.211. The Balaban J connectivity index is 1.86. The fourth-order valence-corrected chi connectivity index (χ4v) is 3.40. The molecule has 0 aliphatic heterocycles. The zero-order valence-electron chi connectivity index (χ0n) is 14.1. The largest absolute Gasteiger partial charge is 0.416 e. The van der Waals surface area contributed by atoms with Gasteiger partial charge in [0.1, 0.15) is 10.8 Å². The minimum Gasteiger partial charge on any atom is -0.305 e. The van der Waals surface area contributed by atoms with E-state index in [0.29, 0.717) is 16.8 Å². The molecule has 0 N–H and O–H groups in total. The minimum absolute atomic E-state index is 0.0680. The van der Waals surface area contributed by atoms with Crippen molar-refractivity contribution >= 4 is 11.3 Å². The van der Waals surface area contributed by atoms with Crippen LogP contribution in [-0.2, 0) is 12.7 Å². The van der Waals surface area contributed by atoms with Crippen LogP contribution in [-0.4, -0.2) is 24.0 Å². The quantitative estimate of drug-likeness (QED) is 0.540. The predicted octanol–water partition coefficient (Wildman–Crippen LogP) is 5.70. The highest BCUT2D eigenvalue weighted by Gasteiger charge is 2.31. The highest BCUT2D eigenvalue weighted by atomic mass is 32.1. The number of benzene rings is 2. The van der Waals surface area contributed by atoms with E-state index in [4.69, 9.17) is 0 Å². The Morgan fingerprint density at radius 2 is 1.73 bits per heavy atom. The molecule has 0 bridgehead atoms. The van der Waals surface area contributed by atoms with Crippen LogP contribution in [0.2, 0.25) is 0 Å². The molecule has 1 aromatic heterocycles. The van der Waals surface area contributed by atoms with Crippen LogP contribution in [0.25, 0.3) is 21.8 Å². The zero-order valence-corrected chi connectivity index (χ0v) is 15.0. The standard InChI is InChI=1S/C19H16F4N2S/c1-25(2)10-12-3-5-13(6-4-12)17-11-26-18(24-17)15-8-7-14(9-16(15)20)19(21,22)23/h3-9,11H,10H2,1-2H3. The molecule has 7 heteroatoms. The molecule has 0 saturated heterocycles. The molecule has 3 rings (SSSR count). The Bertz CT molecular complexity index is 899. The van der Waals surface area contributed by atoms with E-state index in [9.17, 15) is 17.6 Å². The first-order valence-corrected chi connectivity index (χ1v) is 8.68. The Hall–Kier alpha value is -2.25. The first kappa shape index (κ1) is 18.5. The third kappa shape index (κ3) is 4.11. The first-order chi connectivity index (χ1) is 12.2. The van der Waals surface area contributed by atoms with Crippen molar-refractivity contribution in [1.29, 1.82) is 0 Å². The van der Waals surface area contributed by atoms with E-state index in [-0.39, 0.29) is 5.56 Å². The number of hydrogen-bond acceptors (Lipinski definition) is 3. The molecule has 136 valence electrons. The summed E-state index contributed by atoms with van der Waals surface area (Å²) >= 11 is 1.20. The monoisotopic (exact) mass is 380 g/mol. The summed E-state index contributed by atoms with van der Waals surface area (Å²) < 4.78 is 52.1. The van der Waals surface area contributed by atoms with E-state index in [2.05, 4.69) is 9.88 Å². The second-order valence-electron chi connectivity index (χ2n) is 6.16. The van der Waals surface area contributed by atoms with E-state index < -0.39 is 17.6 Å². The van der Waals surface area contributed by atoms with E-state index in [1.54, 1.807) is 5.38 Å². The Labute approximate surface area is 152 Å². The Morgan fingerprint density at radius 3 is 2.31 bits per heavy atom. The molecule has 2 aromatic carbocycles. The maximum absolute atomic E-state index is 14.1. The summed E-state index contributed by atoms with van der Waals surface area (Å²) in [6, 6.07) is 10.4. The molecule has 0 fully saturated rings. The Kier molecular flexibility index (Phi) is 5.11. The maximum Gasteiger partial charge on any atom is 0.416 e. The molecule has 0 aliphatic carbocycles. The molecule has 0 aliphatic rings. The average Bonchev–Trinajstić information content (AvgIpc) is 3.03. The van der Waals surface area contributed by atoms with E-state index in [1.165, 1.54) is 11.3 Å². The van der Waals surface area contributed by atoms with Crippen molar-refractivity contribution in [2.75, 3.05) is 14.1 Å². The van der Waals surface area contributed by atoms with Crippen LogP contribution >= 0.6 is 11.3 Å². The van der Waals surface area contributed by atoms with Gasteiger partial charge in [-0.15, -0.1) is 11.3 Å². The van der Waals surface area contributed by atoms with Crippen LogP contribution in [0.4, 0.5) is 17.6 Å². The second kappa shape index (κ2) is 7.17. The average molecular weight is 380 g/mol. The van der Waals surface area contributed by atoms with Crippen LogP contribution in [0.3, 0.4) is 0 Å². The SMILES string of the molecule is CN(C)Cc1ccc(-c2csc(-c3ccc(C(F)(F)F)cc3F)n2)cc1. The van der Waals surface area contributed by atoms with E-state index in [1.807, 2.05) is 38.4 Å². The number of thiazole rings is 1. The van der Waals surface area contributed by atoms with Gasteiger partial charge in [-0.2, -0.15) is 13.2 Å². The van der Waals surface area contributed by atoms with Gasteiger partial charge in [0, 0.05) is 23.1 Å². The van der Waals surface area contributed by atoms with E-state index >= 15 is 0 Å². The highest BCUT2D eigenvalue weighted by molar-refractivity contribution is 7.13. The van der Waals surface area contributed by atoms with Crippen molar-refractivity contribution < 1.29 is 17.6 Å². The number of aromatic nitrogens is 1. The normalized spacial score (nSPS) is 12.0. The van der Waals surface area contributed by atoms with Crippen molar-refractivity contribution in [2.45, 2.75) is 12.7 Å². The molecule has 1 heterocycles. The smallest absolute Gasteiger partial charge is 0.305 e. The van der Waals surface area contributed by atoms with Crippen LogP contribution in [0.5, 0.6) is 0 Å². The minimum atomic E-state index is -4.57. The van der Waals surface area contributed by atoms with Crippen molar-refractivity contribution in [2.24, 2.45) is 0 Å². The molecule has 0 spiro atoms. The summed E-state index contributed by atoms with van der Waals surface area (Å²) in [7, 11) is 3.97. The van der Waals surface area contributed by atoms with Crippen LogP contribution in [0, 0.1) is 5.82 Å². The summed E-state index contributed by atoms with van der Waals surface area (Å²) in [5.74, 6) is -0.929. The third-order valence-corrected chi connectivity index (χ3v) is 4.66. The molecule has 26 heavy (non-hydrogen) atoms. The van der Waals surface area contributed by atoms with Gasteiger partial charge < -0.3 is 4.90 Å². The van der Waals surface area contributed by atoms with Crippen molar-refractivity contribution in [3.05, 3.63) is 64.8 Å². The summed E-state index contributed by atoms with van der Waals surface area (Å²) in [5, 5.41) is 2.12. The maximum atomic E-state index is 14.1. The number of rotatable bonds is 4. The Morgan fingerprint density at radius 1 is 1.04 bits per heavy atom.